The second-order valence-corrected chi connectivity index (χ2v) is 4.83. The van der Waals surface area contributed by atoms with Crippen molar-refractivity contribution in [1.82, 2.24) is 4.98 Å². The zero-order valence-corrected chi connectivity index (χ0v) is 11.0. The second-order valence-electron chi connectivity index (χ2n) is 4.83. The smallest absolute Gasteiger partial charge is 0.381 e. The molecule has 2 rings (SSSR count). The number of hydrazine groups is 1. The zero-order valence-electron chi connectivity index (χ0n) is 11.0. The summed E-state index contributed by atoms with van der Waals surface area (Å²) in [5, 5.41) is 2.98. The molecule has 20 heavy (non-hydrogen) atoms. The minimum Gasteiger partial charge on any atom is -0.381 e. The molecule has 2 unspecified atom stereocenters. The van der Waals surface area contributed by atoms with Gasteiger partial charge in [0.05, 0.1) is 12.2 Å². The maximum Gasteiger partial charge on any atom is 0.416 e. The fourth-order valence-corrected chi connectivity index (χ4v) is 2.14. The Labute approximate surface area is 114 Å². The van der Waals surface area contributed by atoms with Gasteiger partial charge in [-0.15, -0.1) is 0 Å². The fraction of sp³-hybridized carbons (Fsp3) is 0.583. The van der Waals surface area contributed by atoms with Gasteiger partial charge in [-0.05, 0) is 25.5 Å². The van der Waals surface area contributed by atoms with Gasteiger partial charge in [0.2, 0.25) is 0 Å². The molecule has 2 heterocycles. The minimum absolute atomic E-state index is 0.0286. The minimum atomic E-state index is -4.44. The normalized spacial score (nSPS) is 20.8. The van der Waals surface area contributed by atoms with Crippen molar-refractivity contribution in [2.24, 2.45) is 11.8 Å². The van der Waals surface area contributed by atoms with E-state index in [0.717, 1.165) is 18.6 Å². The van der Waals surface area contributed by atoms with Crippen molar-refractivity contribution in [1.29, 1.82) is 0 Å². The standard InChI is InChI=1S/C12H17F3N4O/c1-7(8-2-3-20-6-8)17-10-4-9(12(13,14)15)5-11(18-10)19-16/h4-5,7-8H,2-3,6,16H2,1H3,(H2,17,18,19). The highest BCUT2D eigenvalue weighted by molar-refractivity contribution is 5.49. The summed E-state index contributed by atoms with van der Waals surface area (Å²) >= 11 is 0. The highest BCUT2D eigenvalue weighted by Crippen LogP contribution is 2.32. The first-order chi connectivity index (χ1) is 9.40. The molecule has 8 heteroatoms. The van der Waals surface area contributed by atoms with Crippen LogP contribution in [0.15, 0.2) is 12.1 Å². The molecule has 0 amide bonds. The van der Waals surface area contributed by atoms with Gasteiger partial charge in [0.15, 0.2) is 0 Å². The van der Waals surface area contributed by atoms with Crippen molar-refractivity contribution in [2.45, 2.75) is 25.6 Å². The van der Waals surface area contributed by atoms with Crippen LogP contribution in [0.3, 0.4) is 0 Å². The van der Waals surface area contributed by atoms with Crippen molar-refractivity contribution in [3.05, 3.63) is 17.7 Å². The predicted molar refractivity (Wildman–Crippen MR) is 69.1 cm³/mol. The Hall–Kier alpha value is -1.54. The molecule has 2 atom stereocenters. The van der Waals surface area contributed by atoms with E-state index in [1.807, 2.05) is 6.92 Å². The van der Waals surface area contributed by atoms with E-state index in [2.05, 4.69) is 15.7 Å². The van der Waals surface area contributed by atoms with Gasteiger partial charge in [-0.2, -0.15) is 13.2 Å². The van der Waals surface area contributed by atoms with Crippen LogP contribution in [-0.4, -0.2) is 24.2 Å². The van der Waals surface area contributed by atoms with E-state index in [1.54, 1.807) is 0 Å². The molecule has 1 aromatic rings. The average Bonchev–Trinajstić information content (AvgIpc) is 2.91. The van der Waals surface area contributed by atoms with Gasteiger partial charge in [0.1, 0.15) is 11.6 Å². The molecule has 0 radical (unpaired) electrons. The number of hydrogen-bond acceptors (Lipinski definition) is 5. The largest absolute Gasteiger partial charge is 0.416 e. The summed E-state index contributed by atoms with van der Waals surface area (Å²) in [6, 6.07) is 1.82. The van der Waals surface area contributed by atoms with Gasteiger partial charge in [0.25, 0.3) is 0 Å². The maximum atomic E-state index is 12.8. The number of halogens is 3. The third-order valence-corrected chi connectivity index (χ3v) is 3.35. The Morgan fingerprint density at radius 3 is 2.65 bits per heavy atom. The van der Waals surface area contributed by atoms with E-state index in [9.17, 15) is 13.2 Å². The van der Waals surface area contributed by atoms with E-state index in [0.29, 0.717) is 13.2 Å². The first kappa shape index (κ1) is 14.9. The molecule has 1 aliphatic rings. The highest BCUT2D eigenvalue weighted by Gasteiger charge is 2.32. The van der Waals surface area contributed by atoms with Gasteiger partial charge in [-0.25, -0.2) is 10.8 Å². The van der Waals surface area contributed by atoms with Crippen LogP contribution in [0.4, 0.5) is 24.8 Å². The molecule has 4 N–H and O–H groups in total. The SMILES string of the molecule is CC(Nc1cc(C(F)(F)F)cc(NN)n1)C1CCOC1. The molecule has 0 bridgehead atoms. The number of nitrogens with zero attached hydrogens (tertiary/aromatic N) is 1. The lowest BCUT2D eigenvalue weighted by molar-refractivity contribution is -0.137. The number of nitrogens with one attached hydrogen (secondary N) is 2. The van der Waals surface area contributed by atoms with Gasteiger partial charge in [-0.1, -0.05) is 0 Å². The number of nitrogen functional groups attached to an aromatic ring is 1. The summed E-state index contributed by atoms with van der Waals surface area (Å²) in [5.74, 6) is 5.54. The van der Waals surface area contributed by atoms with Crippen molar-refractivity contribution >= 4 is 11.6 Å². The second kappa shape index (κ2) is 5.84. The molecule has 0 saturated carbocycles. The van der Waals surface area contributed by atoms with Crippen molar-refractivity contribution in [2.75, 3.05) is 24.0 Å². The van der Waals surface area contributed by atoms with Crippen LogP contribution in [0.5, 0.6) is 0 Å². The van der Waals surface area contributed by atoms with Crippen LogP contribution in [0, 0.1) is 5.92 Å². The summed E-state index contributed by atoms with van der Waals surface area (Å²) in [5.41, 5.74) is 1.35. The molecule has 112 valence electrons. The lowest BCUT2D eigenvalue weighted by Gasteiger charge is -2.21. The first-order valence-corrected chi connectivity index (χ1v) is 6.30. The van der Waals surface area contributed by atoms with Crippen LogP contribution in [-0.2, 0) is 10.9 Å². The number of anilines is 2. The van der Waals surface area contributed by atoms with E-state index < -0.39 is 11.7 Å². The molecule has 0 spiro atoms. The Kier molecular flexibility index (Phi) is 4.34. The number of ether oxygens (including phenoxy) is 1. The van der Waals surface area contributed by atoms with Crippen LogP contribution < -0.4 is 16.6 Å². The quantitative estimate of drug-likeness (QED) is 0.586. The van der Waals surface area contributed by atoms with Crippen LogP contribution >= 0.6 is 0 Å². The molecule has 1 aromatic heterocycles. The van der Waals surface area contributed by atoms with E-state index >= 15 is 0 Å². The molecule has 0 aliphatic carbocycles. The van der Waals surface area contributed by atoms with Crippen molar-refractivity contribution in [3.63, 3.8) is 0 Å². The van der Waals surface area contributed by atoms with Crippen molar-refractivity contribution in [3.8, 4) is 0 Å². The van der Waals surface area contributed by atoms with E-state index in [1.165, 1.54) is 0 Å². The third kappa shape index (κ3) is 3.51. The maximum absolute atomic E-state index is 12.8. The number of aromatic nitrogens is 1. The monoisotopic (exact) mass is 290 g/mol. The van der Waals surface area contributed by atoms with Crippen LogP contribution in [0.25, 0.3) is 0 Å². The van der Waals surface area contributed by atoms with Crippen molar-refractivity contribution < 1.29 is 17.9 Å². The van der Waals surface area contributed by atoms with Crippen LogP contribution in [0.2, 0.25) is 0 Å². The highest BCUT2D eigenvalue weighted by atomic mass is 19.4. The molecular formula is C12H17F3N4O. The van der Waals surface area contributed by atoms with Gasteiger partial charge < -0.3 is 15.5 Å². The fourth-order valence-electron chi connectivity index (χ4n) is 2.14. The molecule has 1 fully saturated rings. The lowest BCUT2D eigenvalue weighted by atomic mass is 10.0. The summed E-state index contributed by atoms with van der Waals surface area (Å²) in [4.78, 5) is 3.99. The van der Waals surface area contributed by atoms with Crippen LogP contribution in [0.1, 0.15) is 18.9 Å². The Morgan fingerprint density at radius 1 is 1.40 bits per heavy atom. The summed E-state index contributed by atoms with van der Waals surface area (Å²) in [7, 11) is 0. The van der Waals surface area contributed by atoms with E-state index in [-0.39, 0.29) is 23.6 Å². The third-order valence-electron chi connectivity index (χ3n) is 3.35. The molecule has 0 aromatic carbocycles. The number of pyridine rings is 1. The predicted octanol–water partition coefficient (Wildman–Crippen LogP) is 2.22. The first-order valence-electron chi connectivity index (χ1n) is 6.30. The van der Waals surface area contributed by atoms with Gasteiger partial charge in [-0.3, -0.25) is 0 Å². The van der Waals surface area contributed by atoms with E-state index in [4.69, 9.17) is 10.6 Å². The number of hydrogen-bond donors (Lipinski definition) is 3. The Bertz CT molecular complexity index is 461. The Balaban J connectivity index is 2.17. The summed E-state index contributed by atoms with van der Waals surface area (Å²) in [6.07, 6.45) is -3.56. The summed E-state index contributed by atoms with van der Waals surface area (Å²) < 4.78 is 43.6. The zero-order chi connectivity index (χ0) is 14.8. The molecule has 1 saturated heterocycles. The number of nitrogens with two attached hydrogens (primary N) is 1. The topological polar surface area (TPSA) is 72.2 Å². The summed E-state index contributed by atoms with van der Waals surface area (Å²) in [6.45, 7) is 3.19. The Morgan fingerprint density at radius 2 is 2.10 bits per heavy atom. The van der Waals surface area contributed by atoms with Gasteiger partial charge >= 0.3 is 6.18 Å². The number of alkyl halides is 3. The van der Waals surface area contributed by atoms with Gasteiger partial charge in [0, 0.05) is 18.6 Å². The number of rotatable bonds is 4. The lowest BCUT2D eigenvalue weighted by Crippen LogP contribution is -2.27. The molecular weight excluding hydrogens is 273 g/mol. The average molecular weight is 290 g/mol. The molecule has 1 aliphatic heterocycles. The molecule has 5 nitrogen and oxygen atoms in total.